The third kappa shape index (κ3) is 5.07. The summed E-state index contributed by atoms with van der Waals surface area (Å²) >= 11 is 0. The molecule has 10 rings (SSSR count). The Morgan fingerprint density at radius 3 is 1.33 bits per heavy atom. The zero-order valence-electron chi connectivity index (χ0n) is 35.0. The molecular formula is C56H53N. The van der Waals surface area contributed by atoms with Crippen molar-refractivity contribution in [1.82, 2.24) is 0 Å². The van der Waals surface area contributed by atoms with E-state index in [1.807, 2.05) is 0 Å². The van der Waals surface area contributed by atoms with Gasteiger partial charge in [0.2, 0.25) is 0 Å². The van der Waals surface area contributed by atoms with Crippen LogP contribution in [0.2, 0.25) is 0 Å². The molecule has 0 saturated heterocycles. The quantitative estimate of drug-likeness (QED) is 0.174. The topological polar surface area (TPSA) is 3.24 Å². The Labute approximate surface area is 340 Å². The van der Waals surface area contributed by atoms with Crippen LogP contribution in [0.25, 0.3) is 33.4 Å². The number of rotatable bonds is 4. The van der Waals surface area contributed by atoms with Crippen LogP contribution in [0.1, 0.15) is 112 Å². The molecule has 0 fully saturated rings. The number of aryl methyl sites for hydroxylation is 1. The molecule has 282 valence electrons. The van der Waals surface area contributed by atoms with Crippen LogP contribution in [0.3, 0.4) is 0 Å². The van der Waals surface area contributed by atoms with E-state index in [0.717, 1.165) is 6.42 Å². The van der Waals surface area contributed by atoms with E-state index in [4.69, 9.17) is 0 Å². The third-order valence-corrected chi connectivity index (χ3v) is 13.6. The van der Waals surface area contributed by atoms with Crippen molar-refractivity contribution in [3.63, 3.8) is 0 Å². The molecule has 7 aromatic carbocycles. The van der Waals surface area contributed by atoms with Crippen LogP contribution < -0.4 is 4.90 Å². The van der Waals surface area contributed by atoms with Gasteiger partial charge in [-0.25, -0.2) is 0 Å². The summed E-state index contributed by atoms with van der Waals surface area (Å²) in [6.07, 6.45) is 1.01. The molecule has 1 nitrogen and oxygen atoms in total. The Hall–Kier alpha value is -5.66. The van der Waals surface area contributed by atoms with Crippen LogP contribution in [-0.4, -0.2) is 0 Å². The fraction of sp³-hybridized carbons (Fsp3) is 0.250. The van der Waals surface area contributed by atoms with Gasteiger partial charge < -0.3 is 4.90 Å². The van der Waals surface area contributed by atoms with Crippen molar-refractivity contribution < 1.29 is 0 Å². The first-order valence-corrected chi connectivity index (χ1v) is 20.9. The molecule has 0 saturated carbocycles. The van der Waals surface area contributed by atoms with Crippen molar-refractivity contribution >= 4 is 17.1 Å². The zero-order chi connectivity index (χ0) is 39.6. The van der Waals surface area contributed by atoms with Crippen molar-refractivity contribution in [2.45, 2.75) is 90.4 Å². The SMILES string of the molecule is CCc1ccc(N(c2ccc3c(c2)C(C)(C)c2ccccc2-3)c2ccc3c(c2)C2(c4ccccc4-3)c3cc(C(C)(C)C)ccc3-c3ccc(C(C)(C)C)cc32)cc1. The van der Waals surface area contributed by atoms with Gasteiger partial charge >= 0.3 is 0 Å². The largest absolute Gasteiger partial charge is 0.310 e. The highest BCUT2D eigenvalue weighted by Gasteiger charge is 2.52. The van der Waals surface area contributed by atoms with Crippen molar-refractivity contribution in [3.05, 3.63) is 196 Å². The van der Waals surface area contributed by atoms with Crippen molar-refractivity contribution in [1.29, 1.82) is 0 Å². The van der Waals surface area contributed by atoms with Crippen LogP contribution in [-0.2, 0) is 28.1 Å². The van der Waals surface area contributed by atoms with Gasteiger partial charge in [-0.1, -0.05) is 172 Å². The van der Waals surface area contributed by atoms with Crippen LogP contribution in [0.4, 0.5) is 17.1 Å². The highest BCUT2D eigenvalue weighted by molar-refractivity contribution is 5.97. The molecule has 57 heavy (non-hydrogen) atoms. The van der Waals surface area contributed by atoms with E-state index < -0.39 is 5.41 Å². The molecule has 0 aromatic heterocycles. The lowest BCUT2D eigenvalue weighted by atomic mass is 9.68. The lowest BCUT2D eigenvalue weighted by Crippen LogP contribution is -2.27. The monoisotopic (exact) mass is 739 g/mol. The van der Waals surface area contributed by atoms with E-state index >= 15 is 0 Å². The Morgan fingerprint density at radius 1 is 0.404 bits per heavy atom. The lowest BCUT2D eigenvalue weighted by molar-refractivity contribution is 0.586. The molecule has 1 heteroatoms. The second-order valence-electron chi connectivity index (χ2n) is 19.3. The summed E-state index contributed by atoms with van der Waals surface area (Å²) < 4.78 is 0. The summed E-state index contributed by atoms with van der Waals surface area (Å²) in [6.45, 7) is 21.0. The standard InChI is InChI=1S/C56H53N/c1-10-35-19-23-38(24-20-35)57(39-25-29-43-41-15-11-13-17-47(41)55(8,9)49(43)33-39)40-26-30-46-42-16-12-14-18-48(42)56(52(46)34-40)50-31-36(53(2,3)4)21-27-44(50)45-28-22-37(32-51(45)56)54(5,6)7/h11-34H,10H2,1-9H3. The van der Waals surface area contributed by atoms with Crippen molar-refractivity contribution in [3.8, 4) is 33.4 Å². The second-order valence-corrected chi connectivity index (χ2v) is 19.3. The van der Waals surface area contributed by atoms with Gasteiger partial charge in [0.25, 0.3) is 0 Å². The average Bonchev–Trinajstić information content (AvgIpc) is 3.75. The maximum absolute atomic E-state index is 2.55. The molecule has 0 heterocycles. The number of fused-ring (bicyclic) bond motifs is 13. The van der Waals surface area contributed by atoms with E-state index in [-0.39, 0.29) is 16.2 Å². The molecule has 0 aliphatic heterocycles. The molecule has 0 unspecified atom stereocenters. The number of benzene rings is 7. The van der Waals surface area contributed by atoms with Crippen LogP contribution in [0.5, 0.6) is 0 Å². The van der Waals surface area contributed by atoms with Gasteiger partial charge in [0.1, 0.15) is 0 Å². The molecular weight excluding hydrogens is 687 g/mol. The Kier molecular flexibility index (Phi) is 7.63. The first kappa shape index (κ1) is 35.7. The van der Waals surface area contributed by atoms with E-state index in [1.165, 1.54) is 101 Å². The van der Waals surface area contributed by atoms with Gasteiger partial charge in [-0.15, -0.1) is 0 Å². The first-order chi connectivity index (χ1) is 27.2. The van der Waals surface area contributed by atoms with E-state index in [1.54, 1.807) is 0 Å². The molecule has 0 bridgehead atoms. The zero-order valence-corrected chi connectivity index (χ0v) is 35.0. The molecule has 0 radical (unpaired) electrons. The van der Waals surface area contributed by atoms with Crippen molar-refractivity contribution in [2.75, 3.05) is 4.90 Å². The Morgan fingerprint density at radius 2 is 0.807 bits per heavy atom. The Bertz CT molecular complexity index is 2700. The number of nitrogens with zero attached hydrogens (tertiary/aromatic N) is 1. The summed E-state index contributed by atoms with van der Waals surface area (Å²) in [7, 11) is 0. The molecule has 0 amide bonds. The predicted molar refractivity (Wildman–Crippen MR) is 242 cm³/mol. The predicted octanol–water partition coefficient (Wildman–Crippen LogP) is 15.0. The molecule has 0 atom stereocenters. The van der Waals surface area contributed by atoms with Gasteiger partial charge in [-0.2, -0.15) is 0 Å². The number of anilines is 3. The van der Waals surface area contributed by atoms with Crippen LogP contribution in [0.15, 0.2) is 146 Å². The van der Waals surface area contributed by atoms with E-state index in [0.29, 0.717) is 0 Å². The fourth-order valence-electron chi connectivity index (χ4n) is 10.4. The van der Waals surface area contributed by atoms with Gasteiger partial charge in [-0.05, 0) is 137 Å². The normalized spacial score (nSPS) is 15.1. The molecule has 0 N–H and O–H groups in total. The summed E-state index contributed by atoms with van der Waals surface area (Å²) in [4.78, 5) is 2.50. The van der Waals surface area contributed by atoms with Crippen LogP contribution in [0, 0.1) is 0 Å². The molecule has 7 aromatic rings. The maximum Gasteiger partial charge on any atom is 0.0726 e. The highest BCUT2D eigenvalue weighted by atomic mass is 15.1. The summed E-state index contributed by atoms with van der Waals surface area (Å²) in [6, 6.07) is 56.5. The number of hydrogen-bond acceptors (Lipinski definition) is 1. The fourth-order valence-corrected chi connectivity index (χ4v) is 10.4. The third-order valence-electron chi connectivity index (χ3n) is 13.6. The average molecular weight is 740 g/mol. The minimum absolute atomic E-state index is 0.00677. The molecule has 3 aliphatic rings. The maximum atomic E-state index is 2.55. The Balaban J connectivity index is 1.26. The minimum Gasteiger partial charge on any atom is -0.310 e. The second kappa shape index (κ2) is 12.2. The smallest absolute Gasteiger partial charge is 0.0726 e. The minimum atomic E-state index is -0.464. The number of hydrogen-bond donors (Lipinski definition) is 0. The van der Waals surface area contributed by atoms with Gasteiger partial charge in [0.15, 0.2) is 0 Å². The molecule has 3 aliphatic carbocycles. The summed E-state index contributed by atoms with van der Waals surface area (Å²) in [5, 5.41) is 0. The van der Waals surface area contributed by atoms with E-state index in [2.05, 4.69) is 213 Å². The summed E-state index contributed by atoms with van der Waals surface area (Å²) in [5.74, 6) is 0. The highest BCUT2D eigenvalue weighted by Crippen LogP contribution is 2.64. The van der Waals surface area contributed by atoms with Gasteiger partial charge in [0, 0.05) is 22.5 Å². The van der Waals surface area contributed by atoms with Gasteiger partial charge in [-0.3, -0.25) is 0 Å². The van der Waals surface area contributed by atoms with E-state index in [9.17, 15) is 0 Å². The van der Waals surface area contributed by atoms with Crippen LogP contribution >= 0.6 is 0 Å². The van der Waals surface area contributed by atoms with Crippen molar-refractivity contribution in [2.24, 2.45) is 0 Å². The lowest BCUT2D eigenvalue weighted by Gasteiger charge is -2.34. The molecule has 1 spiro atoms. The summed E-state index contributed by atoms with van der Waals surface area (Å²) in [5.41, 5.74) is 23.4. The first-order valence-electron chi connectivity index (χ1n) is 20.9. The van der Waals surface area contributed by atoms with Gasteiger partial charge in [0.05, 0.1) is 5.41 Å².